The zero-order valence-corrected chi connectivity index (χ0v) is 15.7. The van der Waals surface area contributed by atoms with Crippen molar-refractivity contribution in [3.8, 4) is 11.5 Å². The Morgan fingerprint density at radius 2 is 1.83 bits per heavy atom. The van der Waals surface area contributed by atoms with Gasteiger partial charge in [0.1, 0.15) is 5.69 Å². The maximum Gasteiger partial charge on any atom is 0.433 e. The number of carbonyl (C=O) groups excluding carboxylic acids is 1. The summed E-state index contributed by atoms with van der Waals surface area (Å²) in [6, 6.07) is 9.52. The van der Waals surface area contributed by atoms with Gasteiger partial charge in [0.15, 0.2) is 22.8 Å². The molecule has 4 rings (SSSR count). The Kier molecular flexibility index (Phi) is 4.71. The Hall–Kier alpha value is -3.04. The van der Waals surface area contributed by atoms with E-state index >= 15 is 0 Å². The molecular weight excluding hydrogens is 432 g/mol. The van der Waals surface area contributed by atoms with Gasteiger partial charge in [-0.05, 0) is 30.3 Å². The lowest BCUT2D eigenvalue weighted by Crippen LogP contribution is -2.16. The van der Waals surface area contributed by atoms with E-state index in [0.29, 0.717) is 4.52 Å². The molecule has 0 aliphatic rings. The number of fused-ring (bicyclic) bond motifs is 1. The van der Waals surface area contributed by atoms with Crippen molar-refractivity contribution in [2.75, 3.05) is 5.32 Å². The van der Waals surface area contributed by atoms with Gasteiger partial charge in [0.2, 0.25) is 0 Å². The van der Waals surface area contributed by atoms with Crippen LogP contribution < -0.4 is 5.32 Å². The van der Waals surface area contributed by atoms with Gasteiger partial charge < -0.3 is 9.73 Å². The van der Waals surface area contributed by atoms with E-state index in [-0.39, 0.29) is 38.5 Å². The maximum atomic E-state index is 13.5. The van der Waals surface area contributed by atoms with Crippen LogP contribution >= 0.6 is 23.2 Å². The Balaban J connectivity index is 1.80. The van der Waals surface area contributed by atoms with Crippen LogP contribution in [0.15, 0.2) is 53.1 Å². The second-order valence-corrected chi connectivity index (χ2v) is 6.67. The maximum absolute atomic E-state index is 13.5. The first-order valence-electron chi connectivity index (χ1n) is 8.01. The number of nitrogens with one attached hydrogen (secondary N) is 1. The van der Waals surface area contributed by atoms with E-state index in [0.717, 1.165) is 12.1 Å². The van der Waals surface area contributed by atoms with Crippen molar-refractivity contribution in [1.82, 2.24) is 14.6 Å². The fourth-order valence-corrected chi connectivity index (χ4v) is 3.12. The van der Waals surface area contributed by atoms with Crippen molar-refractivity contribution in [2.45, 2.75) is 6.18 Å². The number of amides is 1. The van der Waals surface area contributed by atoms with Crippen LogP contribution in [0.2, 0.25) is 10.0 Å². The van der Waals surface area contributed by atoms with Crippen LogP contribution in [0.3, 0.4) is 0 Å². The smallest absolute Gasteiger partial charge is 0.433 e. The van der Waals surface area contributed by atoms with Crippen LogP contribution in [-0.4, -0.2) is 20.5 Å². The van der Waals surface area contributed by atoms with Gasteiger partial charge in [-0.3, -0.25) is 4.79 Å². The van der Waals surface area contributed by atoms with Gasteiger partial charge >= 0.3 is 6.18 Å². The summed E-state index contributed by atoms with van der Waals surface area (Å²) in [5, 5.41) is 6.55. The average molecular weight is 441 g/mol. The first-order valence-corrected chi connectivity index (χ1v) is 8.77. The number of carbonyl (C=O) groups is 1. The van der Waals surface area contributed by atoms with E-state index in [1.165, 1.54) is 30.5 Å². The molecule has 148 valence electrons. The molecule has 0 spiro atoms. The number of furan rings is 1. The third kappa shape index (κ3) is 3.66. The molecule has 0 unspecified atom stereocenters. The molecule has 11 heteroatoms. The van der Waals surface area contributed by atoms with Crippen LogP contribution in [-0.2, 0) is 6.18 Å². The molecule has 0 fully saturated rings. The van der Waals surface area contributed by atoms with Crippen molar-refractivity contribution in [1.29, 1.82) is 0 Å². The highest BCUT2D eigenvalue weighted by Gasteiger charge is 2.36. The predicted molar refractivity (Wildman–Crippen MR) is 100 cm³/mol. The zero-order chi connectivity index (χ0) is 20.8. The SMILES string of the molecule is O=C(Nc1c(Cl)cccc1Cl)c1cc2nc(-c3ccco3)cc(C(F)(F)F)n2n1. The first-order chi connectivity index (χ1) is 13.7. The molecule has 4 aromatic rings. The normalized spacial score (nSPS) is 11.8. The molecule has 0 aliphatic carbocycles. The van der Waals surface area contributed by atoms with Crippen molar-refractivity contribution in [3.05, 3.63) is 70.2 Å². The van der Waals surface area contributed by atoms with Gasteiger partial charge in [-0.2, -0.15) is 18.3 Å². The van der Waals surface area contributed by atoms with Gasteiger partial charge in [-0.25, -0.2) is 9.50 Å². The monoisotopic (exact) mass is 440 g/mol. The van der Waals surface area contributed by atoms with Crippen LogP contribution in [0.1, 0.15) is 16.2 Å². The lowest BCUT2D eigenvalue weighted by atomic mass is 10.2. The summed E-state index contributed by atoms with van der Waals surface area (Å²) in [4.78, 5) is 16.6. The number of benzene rings is 1. The van der Waals surface area contributed by atoms with Gasteiger partial charge in [0, 0.05) is 6.07 Å². The predicted octanol–water partition coefficient (Wildman–Crippen LogP) is 5.57. The molecule has 0 saturated heterocycles. The van der Waals surface area contributed by atoms with E-state index < -0.39 is 17.8 Å². The Bertz CT molecular complexity index is 1200. The fourth-order valence-electron chi connectivity index (χ4n) is 2.63. The molecule has 0 saturated carbocycles. The van der Waals surface area contributed by atoms with E-state index in [9.17, 15) is 18.0 Å². The summed E-state index contributed by atoms with van der Waals surface area (Å²) >= 11 is 12.0. The standard InChI is InChI=1S/C18H9Cl2F3N4O2/c19-9-3-1-4-10(20)16(9)25-17(28)12-8-15-24-11(13-5-2-6-29-13)7-14(18(21,22)23)27(15)26-12/h1-8H,(H,25,28). The third-order valence-corrected chi connectivity index (χ3v) is 4.56. The first kappa shape index (κ1) is 19.3. The molecule has 29 heavy (non-hydrogen) atoms. The highest BCUT2D eigenvalue weighted by Crippen LogP contribution is 2.33. The minimum absolute atomic E-state index is 0.0455. The summed E-state index contributed by atoms with van der Waals surface area (Å²) in [7, 11) is 0. The minimum Gasteiger partial charge on any atom is -0.463 e. The summed E-state index contributed by atoms with van der Waals surface area (Å²) < 4.78 is 46.3. The molecular formula is C18H9Cl2F3N4O2. The molecule has 6 nitrogen and oxygen atoms in total. The van der Waals surface area contributed by atoms with E-state index in [1.54, 1.807) is 6.07 Å². The highest BCUT2D eigenvalue weighted by atomic mass is 35.5. The topological polar surface area (TPSA) is 72.4 Å². The number of nitrogens with zero attached hydrogens (tertiary/aromatic N) is 3. The Morgan fingerprint density at radius 3 is 2.45 bits per heavy atom. The molecule has 1 N–H and O–H groups in total. The summed E-state index contributed by atoms with van der Waals surface area (Å²) in [6.45, 7) is 0. The molecule has 0 bridgehead atoms. The average Bonchev–Trinajstić information content (AvgIpc) is 3.32. The molecule has 3 heterocycles. The number of anilines is 1. The number of para-hydroxylation sites is 1. The zero-order valence-electron chi connectivity index (χ0n) is 14.2. The molecule has 0 radical (unpaired) electrons. The van der Waals surface area contributed by atoms with E-state index in [2.05, 4.69) is 15.4 Å². The number of aromatic nitrogens is 3. The quantitative estimate of drug-likeness (QED) is 0.452. The number of rotatable bonds is 3. The lowest BCUT2D eigenvalue weighted by molar-refractivity contribution is -0.142. The van der Waals surface area contributed by atoms with Crippen LogP contribution in [0, 0.1) is 0 Å². The second kappa shape index (κ2) is 7.09. The van der Waals surface area contributed by atoms with Crippen LogP contribution in [0.4, 0.5) is 18.9 Å². The minimum atomic E-state index is -4.74. The van der Waals surface area contributed by atoms with Gasteiger partial charge in [-0.1, -0.05) is 29.3 Å². The van der Waals surface area contributed by atoms with E-state index in [4.69, 9.17) is 27.6 Å². The van der Waals surface area contributed by atoms with Crippen LogP contribution in [0.25, 0.3) is 17.1 Å². The van der Waals surface area contributed by atoms with Crippen molar-refractivity contribution < 1.29 is 22.4 Å². The van der Waals surface area contributed by atoms with Gasteiger partial charge in [0.05, 0.1) is 22.0 Å². The van der Waals surface area contributed by atoms with Crippen molar-refractivity contribution in [3.63, 3.8) is 0 Å². The molecule has 3 aromatic heterocycles. The summed E-state index contributed by atoms with van der Waals surface area (Å²) in [5.41, 5.74) is -1.50. The van der Waals surface area contributed by atoms with Gasteiger partial charge in [-0.15, -0.1) is 0 Å². The second-order valence-electron chi connectivity index (χ2n) is 5.85. The van der Waals surface area contributed by atoms with E-state index in [1.807, 2.05) is 0 Å². The lowest BCUT2D eigenvalue weighted by Gasteiger charge is -2.10. The third-order valence-electron chi connectivity index (χ3n) is 3.93. The fraction of sp³-hybridized carbons (Fsp3) is 0.0556. The number of alkyl halides is 3. The molecule has 1 amide bonds. The van der Waals surface area contributed by atoms with Gasteiger partial charge in [0.25, 0.3) is 5.91 Å². The largest absolute Gasteiger partial charge is 0.463 e. The molecule has 1 aromatic carbocycles. The summed E-state index contributed by atoms with van der Waals surface area (Å²) in [5.74, 6) is -0.647. The number of hydrogen-bond acceptors (Lipinski definition) is 4. The number of hydrogen-bond donors (Lipinski definition) is 1. The molecule has 0 atom stereocenters. The highest BCUT2D eigenvalue weighted by molar-refractivity contribution is 6.40. The Labute approximate surface area is 170 Å². The number of halogens is 5. The molecule has 0 aliphatic heterocycles. The Morgan fingerprint density at radius 1 is 1.10 bits per heavy atom. The summed E-state index contributed by atoms with van der Waals surface area (Å²) in [6.07, 6.45) is -3.43. The van der Waals surface area contributed by atoms with Crippen molar-refractivity contribution in [2.24, 2.45) is 0 Å². The van der Waals surface area contributed by atoms with Crippen LogP contribution in [0.5, 0.6) is 0 Å². The van der Waals surface area contributed by atoms with Crippen molar-refractivity contribution >= 4 is 40.4 Å².